The first-order chi connectivity index (χ1) is 7.07. The molecule has 1 rings (SSSR count). The maximum absolute atomic E-state index is 9.56. The van der Waals surface area contributed by atoms with E-state index in [9.17, 15) is 10.2 Å². The molecule has 5 heteroatoms. The molecule has 0 saturated carbocycles. The summed E-state index contributed by atoms with van der Waals surface area (Å²) in [6.45, 7) is 2.06. The number of benzene rings is 1. The molecule has 5 N–H and O–H groups in total. The average Bonchev–Trinajstić information content (AvgIpc) is 2.23. The van der Waals surface area contributed by atoms with E-state index in [0.717, 1.165) is 19.3 Å². The van der Waals surface area contributed by atoms with E-state index in [1.165, 1.54) is 12.1 Å². The van der Waals surface area contributed by atoms with E-state index in [-0.39, 0.29) is 29.9 Å². The molecule has 0 spiro atoms. The van der Waals surface area contributed by atoms with Crippen LogP contribution in [0.2, 0.25) is 0 Å². The summed E-state index contributed by atoms with van der Waals surface area (Å²) in [4.78, 5) is 0. The maximum Gasteiger partial charge on any atom is 0.200 e. The van der Waals surface area contributed by atoms with E-state index in [2.05, 4.69) is 6.92 Å². The molecular weight excluding hydrogens is 230 g/mol. The van der Waals surface area contributed by atoms with Crippen molar-refractivity contribution in [3.05, 3.63) is 17.7 Å². The van der Waals surface area contributed by atoms with Gasteiger partial charge in [-0.1, -0.05) is 19.8 Å². The van der Waals surface area contributed by atoms with Crippen LogP contribution in [0.1, 0.15) is 37.8 Å². The lowest BCUT2D eigenvalue weighted by molar-refractivity contribution is 0.362. The number of aromatic hydroxyl groups is 3. The summed E-state index contributed by atoms with van der Waals surface area (Å²) in [6.07, 6.45) is 2.73. The van der Waals surface area contributed by atoms with Crippen molar-refractivity contribution in [3.8, 4) is 17.2 Å². The highest BCUT2D eigenvalue weighted by Crippen LogP contribution is 2.39. The van der Waals surface area contributed by atoms with Crippen molar-refractivity contribution >= 4 is 12.4 Å². The number of nitrogens with two attached hydrogens (primary N) is 1. The Kier molecular flexibility index (Phi) is 6.00. The number of unbranched alkanes of at least 4 members (excludes halogenated alkanes) is 1. The zero-order valence-corrected chi connectivity index (χ0v) is 10.00. The molecule has 0 saturated heterocycles. The van der Waals surface area contributed by atoms with E-state index in [1.807, 2.05) is 0 Å². The van der Waals surface area contributed by atoms with E-state index < -0.39 is 5.75 Å². The lowest BCUT2D eigenvalue weighted by Crippen LogP contribution is -2.10. The summed E-state index contributed by atoms with van der Waals surface area (Å²) >= 11 is 0. The Morgan fingerprint density at radius 1 is 1.19 bits per heavy atom. The fourth-order valence-electron chi connectivity index (χ4n) is 1.46. The van der Waals surface area contributed by atoms with Gasteiger partial charge in [0.2, 0.25) is 5.75 Å². The quantitative estimate of drug-likeness (QED) is 0.616. The predicted molar refractivity (Wildman–Crippen MR) is 65.1 cm³/mol. The lowest BCUT2D eigenvalue weighted by Gasteiger charge is -2.14. The van der Waals surface area contributed by atoms with Crippen molar-refractivity contribution in [2.45, 2.75) is 32.2 Å². The summed E-state index contributed by atoms with van der Waals surface area (Å²) in [5.74, 6) is -1.16. The molecule has 0 heterocycles. The van der Waals surface area contributed by atoms with Crippen molar-refractivity contribution in [1.82, 2.24) is 0 Å². The van der Waals surface area contributed by atoms with Crippen molar-refractivity contribution in [1.29, 1.82) is 0 Å². The summed E-state index contributed by atoms with van der Waals surface area (Å²) < 4.78 is 0. The lowest BCUT2D eigenvalue weighted by atomic mass is 10.0. The van der Waals surface area contributed by atoms with Crippen LogP contribution in [0.3, 0.4) is 0 Å². The van der Waals surface area contributed by atoms with Crippen LogP contribution < -0.4 is 5.73 Å². The number of hydrogen-bond donors (Lipinski definition) is 4. The van der Waals surface area contributed by atoms with Crippen molar-refractivity contribution in [2.24, 2.45) is 5.73 Å². The second-order valence-corrected chi connectivity index (χ2v) is 3.62. The zero-order valence-electron chi connectivity index (χ0n) is 9.18. The maximum atomic E-state index is 9.56. The SMILES string of the molecule is CCCC[C@@H](N)c1ccc(O)c(O)c1O.Cl. The molecule has 0 fully saturated rings. The van der Waals surface area contributed by atoms with Gasteiger partial charge in [-0.05, 0) is 18.6 Å². The van der Waals surface area contributed by atoms with E-state index >= 15 is 0 Å². The highest BCUT2D eigenvalue weighted by atomic mass is 35.5. The van der Waals surface area contributed by atoms with Crippen LogP contribution >= 0.6 is 12.4 Å². The van der Waals surface area contributed by atoms with E-state index in [1.54, 1.807) is 0 Å². The Labute approximate surface area is 101 Å². The minimum absolute atomic E-state index is 0. The van der Waals surface area contributed by atoms with Crippen molar-refractivity contribution in [3.63, 3.8) is 0 Å². The molecule has 4 nitrogen and oxygen atoms in total. The number of halogens is 1. The minimum atomic E-state index is -0.501. The largest absolute Gasteiger partial charge is 0.504 e. The van der Waals surface area contributed by atoms with Gasteiger partial charge in [0.25, 0.3) is 0 Å². The van der Waals surface area contributed by atoms with Gasteiger partial charge in [0, 0.05) is 11.6 Å². The molecule has 0 aromatic heterocycles. The molecule has 0 aliphatic carbocycles. The first-order valence-corrected chi connectivity index (χ1v) is 5.07. The van der Waals surface area contributed by atoms with Gasteiger partial charge in [-0.15, -0.1) is 12.4 Å². The first-order valence-electron chi connectivity index (χ1n) is 5.07. The zero-order chi connectivity index (χ0) is 11.4. The average molecular weight is 248 g/mol. The highest BCUT2D eigenvalue weighted by Gasteiger charge is 2.15. The third kappa shape index (κ3) is 3.18. The van der Waals surface area contributed by atoms with Gasteiger partial charge < -0.3 is 21.1 Å². The topological polar surface area (TPSA) is 86.7 Å². The molecule has 1 aromatic carbocycles. The Hall–Kier alpha value is -1.13. The Morgan fingerprint density at radius 3 is 2.38 bits per heavy atom. The second kappa shape index (κ2) is 6.45. The standard InChI is InChI=1S/C11H17NO3.ClH/c1-2-3-4-8(12)7-5-6-9(13)11(15)10(7)14;/h5-6,8,13-15H,2-4,12H2,1H3;1H/t8-;/m1./s1. The first kappa shape index (κ1) is 14.9. The molecule has 0 aliphatic heterocycles. The number of phenolic OH excluding ortho intramolecular Hbond substituents is 3. The monoisotopic (exact) mass is 247 g/mol. The minimum Gasteiger partial charge on any atom is -0.504 e. The third-order valence-corrected chi connectivity index (χ3v) is 2.43. The Bertz CT molecular complexity index is 344. The fourth-order valence-corrected chi connectivity index (χ4v) is 1.46. The van der Waals surface area contributed by atoms with Crippen LogP contribution in [0.4, 0.5) is 0 Å². The number of rotatable bonds is 4. The Morgan fingerprint density at radius 2 is 1.81 bits per heavy atom. The van der Waals surface area contributed by atoms with Crippen LogP contribution in [-0.4, -0.2) is 15.3 Å². The summed E-state index contributed by atoms with van der Waals surface area (Å²) in [5, 5.41) is 28.0. The van der Waals surface area contributed by atoms with E-state index in [4.69, 9.17) is 10.8 Å². The van der Waals surface area contributed by atoms with Gasteiger partial charge in [-0.2, -0.15) is 0 Å². The van der Waals surface area contributed by atoms with Gasteiger partial charge in [0.05, 0.1) is 0 Å². The second-order valence-electron chi connectivity index (χ2n) is 3.62. The van der Waals surface area contributed by atoms with Gasteiger partial charge in [-0.25, -0.2) is 0 Å². The van der Waals surface area contributed by atoms with E-state index in [0.29, 0.717) is 5.56 Å². The molecule has 0 radical (unpaired) electrons. The van der Waals surface area contributed by atoms with Crippen LogP contribution in [-0.2, 0) is 0 Å². The summed E-state index contributed by atoms with van der Waals surface area (Å²) in [5.41, 5.74) is 6.32. The predicted octanol–water partition coefficient (Wildman–Crippen LogP) is 2.42. The molecule has 0 aliphatic rings. The fraction of sp³-hybridized carbons (Fsp3) is 0.455. The van der Waals surface area contributed by atoms with Crippen molar-refractivity contribution in [2.75, 3.05) is 0 Å². The molecule has 16 heavy (non-hydrogen) atoms. The van der Waals surface area contributed by atoms with Crippen LogP contribution in [0.25, 0.3) is 0 Å². The number of hydrogen-bond acceptors (Lipinski definition) is 4. The van der Waals surface area contributed by atoms with Crippen LogP contribution in [0.5, 0.6) is 17.2 Å². The number of phenols is 3. The van der Waals surface area contributed by atoms with Crippen LogP contribution in [0, 0.1) is 0 Å². The van der Waals surface area contributed by atoms with Crippen molar-refractivity contribution < 1.29 is 15.3 Å². The van der Waals surface area contributed by atoms with Gasteiger partial charge in [0.15, 0.2) is 11.5 Å². The van der Waals surface area contributed by atoms with Gasteiger partial charge in [-0.3, -0.25) is 0 Å². The molecular formula is C11H18ClNO3. The van der Waals surface area contributed by atoms with Crippen LogP contribution in [0.15, 0.2) is 12.1 Å². The molecule has 0 amide bonds. The molecule has 92 valence electrons. The molecule has 0 bridgehead atoms. The smallest absolute Gasteiger partial charge is 0.200 e. The molecule has 1 atom stereocenters. The molecule has 1 aromatic rings. The highest BCUT2D eigenvalue weighted by molar-refractivity contribution is 5.85. The Balaban J connectivity index is 0.00000225. The summed E-state index contributed by atoms with van der Waals surface area (Å²) in [7, 11) is 0. The summed E-state index contributed by atoms with van der Waals surface area (Å²) in [6, 6.07) is 2.55. The normalized spacial score (nSPS) is 11.9. The van der Waals surface area contributed by atoms with Gasteiger partial charge in [0.1, 0.15) is 0 Å². The third-order valence-electron chi connectivity index (χ3n) is 2.43. The van der Waals surface area contributed by atoms with Gasteiger partial charge >= 0.3 is 0 Å². The molecule has 0 unspecified atom stereocenters.